The van der Waals surface area contributed by atoms with Crippen molar-refractivity contribution in [1.82, 2.24) is 10.6 Å². The Morgan fingerprint density at radius 1 is 1.26 bits per heavy atom. The summed E-state index contributed by atoms with van der Waals surface area (Å²) in [6.07, 6.45) is 3.60. The Balaban J connectivity index is 1.69. The van der Waals surface area contributed by atoms with E-state index in [0.29, 0.717) is 0 Å². The van der Waals surface area contributed by atoms with Gasteiger partial charge in [0.2, 0.25) is 0 Å². The second-order valence-corrected chi connectivity index (χ2v) is 6.20. The smallest absolute Gasteiger partial charge is 0.122 e. The highest BCUT2D eigenvalue weighted by atomic mass is 16.5. The van der Waals surface area contributed by atoms with E-state index in [1.807, 2.05) is 0 Å². The number of rotatable bonds is 3. The minimum Gasteiger partial charge on any atom is -0.493 e. The molecule has 0 aromatic heterocycles. The largest absolute Gasteiger partial charge is 0.493 e. The Morgan fingerprint density at radius 3 is 3.05 bits per heavy atom. The molecule has 2 heterocycles. The van der Waals surface area contributed by atoms with E-state index in [1.54, 1.807) is 0 Å². The Morgan fingerprint density at radius 2 is 2.21 bits per heavy atom. The normalized spacial score (nSPS) is 26.8. The summed E-state index contributed by atoms with van der Waals surface area (Å²) in [5, 5.41) is 6.90. The molecule has 19 heavy (non-hydrogen) atoms. The zero-order chi connectivity index (χ0) is 13.1. The van der Waals surface area contributed by atoms with Crippen LogP contribution in [0.3, 0.4) is 0 Å². The molecule has 2 aliphatic rings. The van der Waals surface area contributed by atoms with Gasteiger partial charge >= 0.3 is 0 Å². The fourth-order valence-corrected chi connectivity index (χ4v) is 3.13. The van der Waals surface area contributed by atoms with Gasteiger partial charge in [0, 0.05) is 18.5 Å². The Kier molecular flexibility index (Phi) is 3.76. The summed E-state index contributed by atoms with van der Waals surface area (Å²) in [5.74, 6) is 1.10. The van der Waals surface area contributed by atoms with Crippen molar-refractivity contribution in [1.29, 1.82) is 0 Å². The zero-order valence-electron chi connectivity index (χ0n) is 11.8. The molecule has 0 aliphatic carbocycles. The molecule has 1 fully saturated rings. The molecule has 3 heteroatoms. The van der Waals surface area contributed by atoms with Crippen LogP contribution in [0.4, 0.5) is 0 Å². The molecule has 3 rings (SSSR count). The Labute approximate surface area is 115 Å². The third kappa shape index (κ3) is 2.93. The van der Waals surface area contributed by atoms with Gasteiger partial charge in [0.05, 0.1) is 6.61 Å². The van der Waals surface area contributed by atoms with Crippen LogP contribution in [0.15, 0.2) is 18.2 Å². The van der Waals surface area contributed by atoms with Crippen LogP contribution >= 0.6 is 0 Å². The van der Waals surface area contributed by atoms with E-state index in [-0.39, 0.29) is 5.41 Å². The van der Waals surface area contributed by atoms with E-state index < -0.39 is 0 Å². The summed E-state index contributed by atoms with van der Waals surface area (Å²) in [5.41, 5.74) is 3.10. The van der Waals surface area contributed by atoms with Crippen molar-refractivity contribution >= 4 is 0 Å². The van der Waals surface area contributed by atoms with E-state index in [2.05, 4.69) is 35.8 Å². The molecule has 1 unspecified atom stereocenters. The second-order valence-electron chi connectivity index (χ2n) is 6.20. The number of nitrogens with one attached hydrogen (secondary N) is 2. The number of piperidine rings is 1. The van der Waals surface area contributed by atoms with Crippen molar-refractivity contribution in [3.63, 3.8) is 0 Å². The van der Waals surface area contributed by atoms with E-state index in [0.717, 1.165) is 45.0 Å². The highest BCUT2D eigenvalue weighted by molar-refractivity contribution is 5.41. The maximum absolute atomic E-state index is 6.18. The minimum atomic E-state index is 0.286. The molecule has 1 aromatic carbocycles. The fourth-order valence-electron chi connectivity index (χ4n) is 3.13. The molecule has 1 atom stereocenters. The van der Waals surface area contributed by atoms with Gasteiger partial charge < -0.3 is 15.4 Å². The first kappa shape index (κ1) is 12.9. The van der Waals surface area contributed by atoms with Crippen LogP contribution in [0.25, 0.3) is 0 Å². The molecule has 1 aromatic rings. The highest BCUT2D eigenvalue weighted by Crippen LogP contribution is 2.30. The SMILES string of the molecule is CC1(COc2cccc3c2CCNC3)CCCNC1. The van der Waals surface area contributed by atoms with Crippen molar-refractivity contribution < 1.29 is 4.74 Å². The number of hydrogen-bond acceptors (Lipinski definition) is 3. The number of benzene rings is 1. The lowest BCUT2D eigenvalue weighted by molar-refractivity contribution is 0.128. The van der Waals surface area contributed by atoms with Crippen molar-refractivity contribution in [2.45, 2.75) is 32.7 Å². The van der Waals surface area contributed by atoms with Crippen LogP contribution in [-0.4, -0.2) is 26.2 Å². The lowest BCUT2D eigenvalue weighted by atomic mass is 9.84. The standard InChI is InChI=1S/C16H24N2O/c1-16(7-3-8-18-11-16)12-19-15-5-2-4-13-10-17-9-6-14(13)15/h2,4-5,17-18H,3,6-12H2,1H3. The van der Waals surface area contributed by atoms with Gasteiger partial charge in [0.1, 0.15) is 5.75 Å². The van der Waals surface area contributed by atoms with Crippen LogP contribution in [0.1, 0.15) is 30.9 Å². The monoisotopic (exact) mass is 260 g/mol. The van der Waals surface area contributed by atoms with Gasteiger partial charge in [0.15, 0.2) is 0 Å². The summed E-state index contributed by atoms with van der Waals surface area (Å²) in [4.78, 5) is 0. The van der Waals surface area contributed by atoms with Crippen molar-refractivity contribution in [3.8, 4) is 5.75 Å². The lowest BCUT2D eigenvalue weighted by Gasteiger charge is -2.34. The zero-order valence-corrected chi connectivity index (χ0v) is 11.8. The first-order chi connectivity index (χ1) is 9.27. The Bertz CT molecular complexity index is 438. The van der Waals surface area contributed by atoms with E-state index in [4.69, 9.17) is 4.74 Å². The second kappa shape index (κ2) is 5.51. The van der Waals surface area contributed by atoms with E-state index >= 15 is 0 Å². The van der Waals surface area contributed by atoms with E-state index in [9.17, 15) is 0 Å². The van der Waals surface area contributed by atoms with E-state index in [1.165, 1.54) is 24.0 Å². The molecule has 0 bridgehead atoms. The van der Waals surface area contributed by atoms with Crippen LogP contribution in [0.2, 0.25) is 0 Å². The van der Waals surface area contributed by atoms with Gasteiger partial charge in [-0.1, -0.05) is 19.1 Å². The number of hydrogen-bond donors (Lipinski definition) is 2. The summed E-state index contributed by atoms with van der Waals surface area (Å²) >= 11 is 0. The molecular formula is C16H24N2O. The third-order valence-corrected chi connectivity index (χ3v) is 4.36. The van der Waals surface area contributed by atoms with Gasteiger partial charge in [-0.25, -0.2) is 0 Å². The van der Waals surface area contributed by atoms with Crippen molar-refractivity contribution in [2.75, 3.05) is 26.2 Å². The van der Waals surface area contributed by atoms with Crippen molar-refractivity contribution in [3.05, 3.63) is 29.3 Å². The maximum Gasteiger partial charge on any atom is 0.122 e. The predicted octanol–water partition coefficient (Wildman–Crippen LogP) is 2.10. The molecule has 0 radical (unpaired) electrons. The van der Waals surface area contributed by atoms with Gasteiger partial charge in [-0.15, -0.1) is 0 Å². The molecule has 104 valence electrons. The summed E-state index contributed by atoms with van der Waals surface area (Å²) in [6, 6.07) is 6.45. The first-order valence-electron chi connectivity index (χ1n) is 7.42. The molecule has 3 nitrogen and oxygen atoms in total. The van der Waals surface area contributed by atoms with Crippen molar-refractivity contribution in [2.24, 2.45) is 5.41 Å². The number of fused-ring (bicyclic) bond motifs is 1. The third-order valence-electron chi connectivity index (χ3n) is 4.36. The van der Waals surface area contributed by atoms with Gasteiger partial charge in [-0.2, -0.15) is 0 Å². The maximum atomic E-state index is 6.18. The topological polar surface area (TPSA) is 33.3 Å². The summed E-state index contributed by atoms with van der Waals surface area (Å²) in [7, 11) is 0. The van der Waals surface area contributed by atoms with Gasteiger partial charge in [0.25, 0.3) is 0 Å². The van der Waals surface area contributed by atoms with Gasteiger partial charge in [-0.3, -0.25) is 0 Å². The molecule has 0 amide bonds. The first-order valence-corrected chi connectivity index (χ1v) is 7.42. The number of ether oxygens (including phenoxy) is 1. The molecule has 0 spiro atoms. The quantitative estimate of drug-likeness (QED) is 0.873. The average molecular weight is 260 g/mol. The molecule has 2 N–H and O–H groups in total. The lowest BCUT2D eigenvalue weighted by Crippen LogP contribution is -2.41. The summed E-state index contributed by atoms with van der Waals surface area (Å²) in [6.45, 7) is 7.42. The molecule has 0 saturated carbocycles. The minimum absolute atomic E-state index is 0.286. The van der Waals surface area contributed by atoms with Gasteiger partial charge in [-0.05, 0) is 49.5 Å². The predicted molar refractivity (Wildman–Crippen MR) is 77.6 cm³/mol. The Hall–Kier alpha value is -1.06. The summed E-state index contributed by atoms with van der Waals surface area (Å²) < 4.78 is 6.18. The van der Waals surface area contributed by atoms with Crippen LogP contribution in [0.5, 0.6) is 5.75 Å². The van der Waals surface area contributed by atoms with Crippen LogP contribution < -0.4 is 15.4 Å². The van der Waals surface area contributed by atoms with Crippen LogP contribution in [0, 0.1) is 5.41 Å². The molecule has 1 saturated heterocycles. The highest BCUT2D eigenvalue weighted by Gasteiger charge is 2.28. The fraction of sp³-hybridized carbons (Fsp3) is 0.625. The average Bonchev–Trinajstić information content (AvgIpc) is 2.46. The molecule has 2 aliphatic heterocycles. The van der Waals surface area contributed by atoms with Crippen LogP contribution in [-0.2, 0) is 13.0 Å². The molecular weight excluding hydrogens is 236 g/mol.